The number of fused-ring (bicyclic) bond motifs is 1. The summed E-state index contributed by atoms with van der Waals surface area (Å²) in [5.41, 5.74) is 1.86. The molecule has 1 aliphatic carbocycles. The van der Waals surface area contributed by atoms with E-state index in [9.17, 15) is 9.18 Å². The zero-order valence-corrected chi connectivity index (χ0v) is 16.2. The second kappa shape index (κ2) is 7.13. The molecule has 2 atom stereocenters. The summed E-state index contributed by atoms with van der Waals surface area (Å²) in [6.45, 7) is 1.88. The molecule has 6 nitrogen and oxygen atoms in total. The first-order valence-corrected chi connectivity index (χ1v) is 10.1. The quantitative estimate of drug-likeness (QED) is 0.806. The van der Waals surface area contributed by atoms with Gasteiger partial charge in [-0.25, -0.2) is 9.40 Å². The van der Waals surface area contributed by atoms with Gasteiger partial charge in [-0.3, -0.25) is 9.78 Å². The van der Waals surface area contributed by atoms with Gasteiger partial charge in [0.1, 0.15) is 11.9 Å². The molecular weight excluding hydrogens is 371 g/mol. The maximum Gasteiger partial charge on any atom is 0.253 e. The minimum absolute atomic E-state index is 0.109. The summed E-state index contributed by atoms with van der Waals surface area (Å²) in [5, 5.41) is 9.58. The smallest absolute Gasteiger partial charge is 0.253 e. The molecule has 1 aromatic carbocycles. The van der Waals surface area contributed by atoms with E-state index in [2.05, 4.69) is 20.4 Å². The van der Waals surface area contributed by atoms with Crippen molar-refractivity contribution in [1.29, 1.82) is 0 Å². The number of aromatic nitrogens is 1. The lowest BCUT2D eigenvalue weighted by atomic mass is 9.83. The highest BCUT2D eigenvalue weighted by Crippen LogP contribution is 2.44. The molecule has 2 fully saturated rings. The summed E-state index contributed by atoms with van der Waals surface area (Å²) in [7, 11) is 0. The first-order chi connectivity index (χ1) is 14.1. The third-order valence-corrected chi connectivity index (χ3v) is 6.05. The van der Waals surface area contributed by atoms with Gasteiger partial charge in [0.15, 0.2) is 0 Å². The Bertz CT molecular complexity index is 954. The topological polar surface area (TPSA) is 66.6 Å². The van der Waals surface area contributed by atoms with Crippen LogP contribution in [0.2, 0.25) is 0 Å². The molecule has 7 heteroatoms. The molecule has 1 aromatic heterocycles. The van der Waals surface area contributed by atoms with Gasteiger partial charge in [-0.2, -0.15) is 0 Å². The van der Waals surface area contributed by atoms with E-state index in [-0.39, 0.29) is 24.0 Å². The lowest BCUT2D eigenvalue weighted by molar-refractivity contribution is 0.0919. The number of nitrogens with one attached hydrogen (secondary N) is 1. The van der Waals surface area contributed by atoms with Crippen LogP contribution in [0.4, 0.5) is 4.39 Å². The average Bonchev–Trinajstić information content (AvgIpc) is 3.24. The Labute approximate surface area is 168 Å². The van der Waals surface area contributed by atoms with Crippen molar-refractivity contribution in [3.8, 4) is 11.3 Å². The monoisotopic (exact) mass is 394 g/mol. The first kappa shape index (κ1) is 18.1. The molecule has 0 spiro atoms. The SMILES string of the molecule is CC1=NN2[C@@H](O1)[C@@H]2C1CCC(NC(=O)c2ccc(-c3cccc(F)c3)nc2)CC1. The zero-order chi connectivity index (χ0) is 20.0. The van der Waals surface area contributed by atoms with Crippen LogP contribution in [0.1, 0.15) is 43.0 Å². The minimum atomic E-state index is -0.304. The van der Waals surface area contributed by atoms with E-state index in [4.69, 9.17) is 4.74 Å². The Kier molecular flexibility index (Phi) is 4.45. The van der Waals surface area contributed by atoms with E-state index in [1.807, 2.05) is 6.92 Å². The highest BCUT2D eigenvalue weighted by atomic mass is 19.1. The predicted molar refractivity (Wildman–Crippen MR) is 106 cm³/mol. The number of carbonyl (C=O) groups is 1. The number of carbonyl (C=O) groups excluding carboxylic acids is 1. The van der Waals surface area contributed by atoms with Crippen molar-refractivity contribution in [2.75, 3.05) is 0 Å². The van der Waals surface area contributed by atoms with Gasteiger partial charge in [-0.1, -0.05) is 12.1 Å². The fourth-order valence-electron chi connectivity index (χ4n) is 4.49. The van der Waals surface area contributed by atoms with Crippen molar-refractivity contribution in [2.45, 2.75) is 50.9 Å². The molecule has 2 aliphatic heterocycles. The molecule has 150 valence electrons. The number of benzene rings is 1. The summed E-state index contributed by atoms with van der Waals surface area (Å²) < 4.78 is 19.1. The first-order valence-electron chi connectivity index (χ1n) is 10.1. The Balaban J connectivity index is 1.14. The van der Waals surface area contributed by atoms with E-state index >= 15 is 0 Å². The van der Waals surface area contributed by atoms with E-state index in [0.29, 0.717) is 28.8 Å². The number of hydrogen-bond acceptors (Lipinski definition) is 5. The highest BCUT2D eigenvalue weighted by molar-refractivity contribution is 5.94. The average molecular weight is 394 g/mol. The van der Waals surface area contributed by atoms with Gasteiger partial charge in [-0.15, -0.1) is 5.10 Å². The van der Waals surface area contributed by atoms with Crippen molar-refractivity contribution >= 4 is 11.8 Å². The summed E-state index contributed by atoms with van der Waals surface area (Å²) in [6.07, 6.45) is 5.76. The number of amides is 1. The van der Waals surface area contributed by atoms with Gasteiger partial charge < -0.3 is 10.1 Å². The number of ether oxygens (including phenoxy) is 1. The Hall–Kier alpha value is -2.96. The van der Waals surface area contributed by atoms with Gasteiger partial charge in [0.2, 0.25) is 12.1 Å². The fourth-order valence-corrected chi connectivity index (χ4v) is 4.49. The molecule has 29 heavy (non-hydrogen) atoms. The van der Waals surface area contributed by atoms with E-state index in [1.165, 1.54) is 12.1 Å². The second-order valence-electron chi connectivity index (χ2n) is 8.03. The zero-order valence-electron chi connectivity index (χ0n) is 16.2. The van der Waals surface area contributed by atoms with Crippen molar-refractivity contribution < 1.29 is 13.9 Å². The van der Waals surface area contributed by atoms with Crippen LogP contribution >= 0.6 is 0 Å². The van der Waals surface area contributed by atoms with Crippen molar-refractivity contribution in [1.82, 2.24) is 15.3 Å². The maximum absolute atomic E-state index is 13.4. The molecule has 1 saturated carbocycles. The lowest BCUT2D eigenvalue weighted by Gasteiger charge is -2.29. The van der Waals surface area contributed by atoms with Crippen LogP contribution in [0.5, 0.6) is 0 Å². The Morgan fingerprint density at radius 3 is 2.69 bits per heavy atom. The van der Waals surface area contributed by atoms with Gasteiger partial charge in [0.05, 0.1) is 11.3 Å². The maximum atomic E-state index is 13.4. The van der Waals surface area contributed by atoms with E-state index < -0.39 is 0 Å². The van der Waals surface area contributed by atoms with Crippen LogP contribution < -0.4 is 5.32 Å². The largest absolute Gasteiger partial charge is 0.452 e. The number of halogens is 1. The third-order valence-electron chi connectivity index (χ3n) is 6.05. The molecule has 1 N–H and O–H groups in total. The normalized spacial score (nSPS) is 27.7. The molecular formula is C22H23FN4O2. The number of hydrazone groups is 1. The van der Waals surface area contributed by atoms with Gasteiger partial charge >= 0.3 is 0 Å². The summed E-state index contributed by atoms with van der Waals surface area (Å²) in [5.74, 6) is 0.922. The third kappa shape index (κ3) is 3.57. The van der Waals surface area contributed by atoms with Crippen LogP contribution in [-0.2, 0) is 4.74 Å². The molecule has 0 radical (unpaired) electrons. The molecule has 1 saturated heterocycles. The van der Waals surface area contributed by atoms with Crippen molar-refractivity contribution in [3.63, 3.8) is 0 Å². The fraction of sp³-hybridized carbons (Fsp3) is 0.409. The number of pyridine rings is 1. The molecule has 5 rings (SSSR count). The van der Waals surface area contributed by atoms with Crippen molar-refractivity contribution in [2.24, 2.45) is 11.0 Å². The predicted octanol–water partition coefficient (Wildman–Crippen LogP) is 3.55. The molecule has 1 amide bonds. The number of hydrogen-bond donors (Lipinski definition) is 1. The minimum Gasteiger partial charge on any atom is -0.452 e. The molecule has 3 aliphatic rings. The van der Waals surface area contributed by atoms with Crippen LogP contribution in [0.15, 0.2) is 47.7 Å². The molecule has 2 aromatic rings. The van der Waals surface area contributed by atoms with Crippen LogP contribution in [0.25, 0.3) is 11.3 Å². The van der Waals surface area contributed by atoms with Gasteiger partial charge in [-0.05, 0) is 55.9 Å². The lowest BCUT2D eigenvalue weighted by Crippen LogP contribution is -2.38. The van der Waals surface area contributed by atoms with Crippen molar-refractivity contribution in [3.05, 3.63) is 54.0 Å². The van der Waals surface area contributed by atoms with Gasteiger partial charge in [0.25, 0.3) is 5.91 Å². The molecule has 3 heterocycles. The number of nitrogens with zero attached hydrogens (tertiary/aromatic N) is 3. The van der Waals surface area contributed by atoms with Gasteiger partial charge in [0, 0.05) is 24.7 Å². The Morgan fingerprint density at radius 1 is 1.21 bits per heavy atom. The summed E-state index contributed by atoms with van der Waals surface area (Å²) in [6, 6.07) is 10.4. The van der Waals surface area contributed by atoms with E-state index in [1.54, 1.807) is 30.5 Å². The summed E-state index contributed by atoms with van der Waals surface area (Å²) >= 11 is 0. The highest BCUT2D eigenvalue weighted by Gasteiger charge is 2.57. The van der Waals surface area contributed by atoms with E-state index in [0.717, 1.165) is 31.6 Å². The van der Waals surface area contributed by atoms with Crippen LogP contribution in [0, 0.1) is 11.7 Å². The second-order valence-corrected chi connectivity index (χ2v) is 8.03. The molecule has 0 unspecified atom stereocenters. The van der Waals surface area contributed by atoms with Crippen LogP contribution in [0.3, 0.4) is 0 Å². The Morgan fingerprint density at radius 2 is 2.03 bits per heavy atom. The summed E-state index contributed by atoms with van der Waals surface area (Å²) in [4.78, 5) is 16.9. The van der Waals surface area contributed by atoms with Crippen LogP contribution in [-0.4, -0.2) is 40.1 Å². The number of rotatable bonds is 4. The standard InChI is InChI=1S/C22H23FN4O2/c1-13-26-27-20(22(27)29-13)14-5-8-18(9-6-14)25-21(28)16-7-10-19(24-12-16)15-3-2-4-17(23)11-15/h2-4,7,10-12,14,18,20,22H,5-6,8-9H2,1H3,(H,25,28)/t14?,18?,20-,22-,27?/m0/s1. The molecule has 0 bridgehead atoms.